The zero-order valence-corrected chi connectivity index (χ0v) is 21.0. The Balaban J connectivity index is 1.50. The zero-order chi connectivity index (χ0) is 26.7. The van der Waals surface area contributed by atoms with E-state index >= 15 is 0 Å². The van der Waals surface area contributed by atoms with Crippen LogP contribution in [0, 0.1) is 28.9 Å². The average Bonchev–Trinajstić information content (AvgIpc) is 2.85. The van der Waals surface area contributed by atoms with E-state index in [9.17, 15) is 23.6 Å². The maximum atomic E-state index is 14.2. The van der Waals surface area contributed by atoms with Crippen LogP contribution in [0.15, 0.2) is 41.5 Å². The molecule has 4 rings (SSSR count). The summed E-state index contributed by atoms with van der Waals surface area (Å²) in [5.74, 6) is -2.06. The smallest absolute Gasteiger partial charge is 0.410 e. The van der Waals surface area contributed by atoms with Crippen LogP contribution in [0.25, 0.3) is 10.9 Å². The number of ether oxygens (including phenoxy) is 2. The van der Waals surface area contributed by atoms with Crippen molar-refractivity contribution in [3.63, 3.8) is 0 Å². The number of nitrogens with zero attached hydrogens (tertiary/aromatic N) is 4. The quantitative estimate of drug-likeness (QED) is 0.457. The van der Waals surface area contributed by atoms with Gasteiger partial charge in [0, 0.05) is 19.6 Å². The second-order valence-electron chi connectivity index (χ2n) is 10.1. The van der Waals surface area contributed by atoms with Gasteiger partial charge < -0.3 is 14.4 Å². The molecule has 0 radical (unpaired) electrons. The number of hydrogen-bond acceptors (Lipinski definition) is 6. The third kappa shape index (κ3) is 6.05. The average molecular weight is 511 g/mol. The Bertz CT molecular complexity index is 1420. The van der Waals surface area contributed by atoms with Gasteiger partial charge in [-0.2, -0.15) is 5.26 Å². The summed E-state index contributed by atoms with van der Waals surface area (Å²) in [6, 6.07) is 7.73. The predicted octanol–water partition coefficient (Wildman–Crippen LogP) is 5.38. The molecule has 1 amide bonds. The minimum atomic E-state index is -0.906. The Kier molecular flexibility index (Phi) is 7.43. The fourth-order valence-corrected chi connectivity index (χ4v) is 4.33. The molecule has 194 valence electrons. The molecule has 1 aromatic heterocycles. The largest absolute Gasteiger partial charge is 0.453 e. The molecule has 1 saturated heterocycles. The number of aryl methyl sites for hydroxylation is 1. The number of rotatable bonds is 5. The number of hydrogen-bond donors (Lipinski definition) is 0. The van der Waals surface area contributed by atoms with Crippen LogP contribution in [0.4, 0.5) is 13.6 Å². The fourth-order valence-electron chi connectivity index (χ4n) is 4.33. The van der Waals surface area contributed by atoms with Crippen LogP contribution >= 0.6 is 0 Å². The molecule has 1 fully saturated rings. The molecule has 1 atom stereocenters. The maximum Gasteiger partial charge on any atom is 0.410 e. The van der Waals surface area contributed by atoms with Crippen LogP contribution < -0.4 is 10.3 Å². The van der Waals surface area contributed by atoms with Gasteiger partial charge >= 0.3 is 6.09 Å². The van der Waals surface area contributed by atoms with Crippen molar-refractivity contribution in [1.29, 1.82) is 5.26 Å². The van der Waals surface area contributed by atoms with E-state index in [1.807, 2.05) is 20.8 Å². The summed E-state index contributed by atoms with van der Waals surface area (Å²) in [6.07, 6.45) is 3.61. The third-order valence-electron chi connectivity index (χ3n) is 6.13. The summed E-state index contributed by atoms with van der Waals surface area (Å²) in [6.45, 7) is 7.10. The van der Waals surface area contributed by atoms with Gasteiger partial charge in [-0.1, -0.05) is 0 Å². The number of benzene rings is 2. The highest BCUT2D eigenvalue weighted by molar-refractivity contribution is 5.79. The maximum absolute atomic E-state index is 14.2. The Morgan fingerprint density at radius 1 is 1.22 bits per heavy atom. The second kappa shape index (κ2) is 10.5. The van der Waals surface area contributed by atoms with Crippen molar-refractivity contribution in [2.24, 2.45) is 5.92 Å². The normalized spacial score (nSPS) is 15.9. The lowest BCUT2D eigenvalue weighted by Gasteiger charge is -2.34. The summed E-state index contributed by atoms with van der Waals surface area (Å²) >= 11 is 0. The van der Waals surface area contributed by atoms with Gasteiger partial charge in [-0.15, -0.1) is 0 Å². The Morgan fingerprint density at radius 2 is 1.97 bits per heavy atom. The second-order valence-corrected chi connectivity index (χ2v) is 10.1. The van der Waals surface area contributed by atoms with Gasteiger partial charge in [0.05, 0.1) is 17.2 Å². The molecule has 10 heteroatoms. The highest BCUT2D eigenvalue weighted by atomic mass is 19.1. The van der Waals surface area contributed by atoms with E-state index in [0.717, 1.165) is 25.0 Å². The number of carbonyl (C=O) groups is 1. The number of carbonyl (C=O) groups excluding carboxylic acids is 1. The highest BCUT2D eigenvalue weighted by Crippen LogP contribution is 2.31. The molecular weight excluding hydrogens is 482 g/mol. The molecule has 1 aliphatic heterocycles. The number of halogens is 2. The van der Waals surface area contributed by atoms with Crippen LogP contribution in [0.1, 0.15) is 45.6 Å². The minimum Gasteiger partial charge on any atom is -0.453 e. The van der Waals surface area contributed by atoms with Gasteiger partial charge in [0.25, 0.3) is 5.56 Å². The van der Waals surface area contributed by atoms with Crippen molar-refractivity contribution in [2.45, 2.75) is 52.2 Å². The van der Waals surface area contributed by atoms with Crippen LogP contribution in [0.5, 0.6) is 11.5 Å². The van der Waals surface area contributed by atoms with Crippen molar-refractivity contribution in [1.82, 2.24) is 14.5 Å². The molecule has 0 spiro atoms. The van der Waals surface area contributed by atoms with E-state index in [1.165, 1.54) is 23.0 Å². The number of nitriles is 1. The lowest BCUT2D eigenvalue weighted by atomic mass is 9.95. The van der Waals surface area contributed by atoms with Crippen molar-refractivity contribution in [3.05, 3.63) is 64.2 Å². The minimum absolute atomic E-state index is 0.0745. The number of fused-ring (bicyclic) bond motifs is 1. The van der Waals surface area contributed by atoms with Crippen molar-refractivity contribution >= 4 is 17.0 Å². The van der Waals surface area contributed by atoms with Crippen LogP contribution in [0.3, 0.4) is 0 Å². The van der Waals surface area contributed by atoms with E-state index < -0.39 is 28.5 Å². The summed E-state index contributed by atoms with van der Waals surface area (Å²) in [4.78, 5) is 31.7. The van der Waals surface area contributed by atoms with Crippen LogP contribution in [-0.4, -0.2) is 39.2 Å². The van der Waals surface area contributed by atoms with Gasteiger partial charge in [0.2, 0.25) is 0 Å². The van der Waals surface area contributed by atoms with E-state index in [0.29, 0.717) is 31.6 Å². The molecule has 2 heterocycles. The van der Waals surface area contributed by atoms with Crippen molar-refractivity contribution in [3.8, 4) is 17.6 Å². The van der Waals surface area contributed by atoms with Crippen molar-refractivity contribution < 1.29 is 23.0 Å². The Morgan fingerprint density at radius 3 is 2.70 bits per heavy atom. The summed E-state index contributed by atoms with van der Waals surface area (Å²) < 4.78 is 40.6. The Labute approximate surface area is 213 Å². The first-order chi connectivity index (χ1) is 17.6. The molecule has 8 nitrogen and oxygen atoms in total. The molecular formula is C27H28F2N4O4. The zero-order valence-electron chi connectivity index (χ0n) is 21.0. The van der Waals surface area contributed by atoms with Crippen molar-refractivity contribution in [2.75, 3.05) is 13.1 Å². The molecule has 0 saturated carbocycles. The molecule has 37 heavy (non-hydrogen) atoms. The predicted molar refractivity (Wildman–Crippen MR) is 132 cm³/mol. The molecule has 0 aliphatic carbocycles. The first-order valence-electron chi connectivity index (χ1n) is 12.1. The number of likely N-dealkylation sites (tertiary alicyclic amines) is 1. The number of piperidine rings is 1. The number of amides is 1. The van der Waals surface area contributed by atoms with Gasteiger partial charge in [-0.05, 0) is 76.3 Å². The van der Waals surface area contributed by atoms with E-state index in [4.69, 9.17) is 9.47 Å². The molecule has 3 aromatic rings. The first kappa shape index (κ1) is 26.1. The van der Waals surface area contributed by atoms with Gasteiger partial charge in [0.1, 0.15) is 28.8 Å². The lowest BCUT2D eigenvalue weighted by Crippen LogP contribution is -2.43. The fraction of sp³-hybridized carbons (Fsp3) is 0.407. The molecule has 0 N–H and O–H groups in total. The SMILES string of the molecule is CC(C)(C)OC(=O)N1CCCC(CCn2cnc3ccc(Oc4c(F)ccc(F)c4C#N)cc3c2=O)C1. The van der Waals surface area contributed by atoms with Gasteiger partial charge in [-0.25, -0.2) is 18.6 Å². The van der Waals surface area contributed by atoms with Crippen LogP contribution in [0.2, 0.25) is 0 Å². The first-order valence-corrected chi connectivity index (χ1v) is 12.1. The monoisotopic (exact) mass is 510 g/mol. The molecule has 1 unspecified atom stereocenters. The highest BCUT2D eigenvalue weighted by Gasteiger charge is 2.27. The van der Waals surface area contributed by atoms with Gasteiger partial charge in [0.15, 0.2) is 11.6 Å². The standard InChI is InChI=1S/C27H28F2N4O4/c1-27(2,3)37-26(35)32-11-4-5-17(15-32)10-12-33-16-31-23-9-6-18(13-19(23)25(33)34)36-24-20(14-30)21(28)7-8-22(24)29/h6-9,13,16-17H,4-5,10-12,15H2,1-3H3. The Hall–Kier alpha value is -4.00. The lowest BCUT2D eigenvalue weighted by molar-refractivity contribution is 0.0159. The molecule has 0 bridgehead atoms. The summed E-state index contributed by atoms with van der Waals surface area (Å²) in [5.41, 5.74) is -1.01. The molecule has 2 aromatic carbocycles. The van der Waals surface area contributed by atoms with E-state index in [-0.39, 0.29) is 28.7 Å². The summed E-state index contributed by atoms with van der Waals surface area (Å²) in [5, 5.41) is 9.43. The van der Waals surface area contributed by atoms with Gasteiger partial charge in [-0.3, -0.25) is 9.36 Å². The van der Waals surface area contributed by atoms with E-state index in [1.54, 1.807) is 17.0 Å². The number of aromatic nitrogens is 2. The summed E-state index contributed by atoms with van der Waals surface area (Å²) in [7, 11) is 0. The third-order valence-corrected chi connectivity index (χ3v) is 6.13. The van der Waals surface area contributed by atoms with E-state index in [2.05, 4.69) is 4.98 Å². The topological polar surface area (TPSA) is 97.4 Å². The molecule has 1 aliphatic rings. The van der Waals surface area contributed by atoms with Crippen LogP contribution in [-0.2, 0) is 11.3 Å².